The molecule has 0 atom stereocenters. The van der Waals surface area contributed by atoms with Gasteiger partial charge in [-0.3, -0.25) is 0 Å². The summed E-state index contributed by atoms with van der Waals surface area (Å²) in [5.74, 6) is 0.414. The van der Waals surface area contributed by atoms with Crippen molar-refractivity contribution in [2.24, 2.45) is 0 Å². The number of phenolic OH excluding ortho intramolecular Hbond substituents is 1. The summed E-state index contributed by atoms with van der Waals surface area (Å²) in [4.78, 5) is 0. The van der Waals surface area contributed by atoms with Gasteiger partial charge in [-0.2, -0.15) is 0 Å². The molecule has 2 heteroatoms. The number of hydrogen-bond donors (Lipinski definition) is 1. The second-order valence-corrected chi connectivity index (χ2v) is 2.24. The van der Waals surface area contributed by atoms with Crippen LogP contribution in [-0.2, 0) is 0 Å². The van der Waals surface area contributed by atoms with Gasteiger partial charge in [0.1, 0.15) is 5.75 Å². The third kappa shape index (κ3) is 2.01. The minimum absolute atomic E-state index is 0. The van der Waals surface area contributed by atoms with Crippen LogP contribution in [0.15, 0.2) is 18.2 Å². The van der Waals surface area contributed by atoms with Crippen LogP contribution in [0.2, 0.25) is 0 Å². The molecule has 0 heterocycles. The van der Waals surface area contributed by atoms with Gasteiger partial charge in [0, 0.05) is 0 Å². The zero-order valence-electron chi connectivity index (χ0n) is 5.68. The molecule has 1 aromatic rings. The van der Waals surface area contributed by atoms with Crippen molar-refractivity contribution in [3.63, 3.8) is 0 Å². The van der Waals surface area contributed by atoms with Crippen LogP contribution in [0.1, 0.15) is 11.1 Å². The van der Waals surface area contributed by atoms with Crippen molar-refractivity contribution >= 4 is 29.6 Å². The maximum absolute atomic E-state index is 9.21. The fourth-order valence-corrected chi connectivity index (χ4v) is 0.806. The molecule has 0 unspecified atom stereocenters. The van der Waals surface area contributed by atoms with E-state index in [9.17, 15) is 5.11 Å². The Morgan fingerprint density at radius 2 is 1.50 bits per heavy atom. The summed E-state index contributed by atoms with van der Waals surface area (Å²) in [5, 5.41) is 9.21. The fourth-order valence-electron chi connectivity index (χ4n) is 0.806. The molecule has 0 aliphatic carbocycles. The molecule has 1 nitrogen and oxygen atoms in total. The van der Waals surface area contributed by atoms with Crippen LogP contribution in [0.25, 0.3) is 0 Å². The van der Waals surface area contributed by atoms with Crippen LogP contribution < -0.4 is 0 Å². The van der Waals surface area contributed by atoms with Gasteiger partial charge in [0.05, 0.1) is 0 Å². The van der Waals surface area contributed by atoms with Gasteiger partial charge < -0.3 is 5.11 Å². The van der Waals surface area contributed by atoms with Crippen LogP contribution in [0.4, 0.5) is 0 Å². The van der Waals surface area contributed by atoms with Crippen LogP contribution >= 0.6 is 0 Å². The predicted octanol–water partition coefficient (Wildman–Crippen LogP) is 1.36. The van der Waals surface area contributed by atoms with Crippen LogP contribution in [0.5, 0.6) is 5.75 Å². The minimum atomic E-state index is 0. The van der Waals surface area contributed by atoms with Gasteiger partial charge in [0.2, 0.25) is 0 Å². The Kier molecular flexibility index (Phi) is 4.02. The first-order chi connectivity index (χ1) is 4.22. The van der Waals surface area contributed by atoms with Crippen molar-refractivity contribution in [3.05, 3.63) is 29.3 Å². The van der Waals surface area contributed by atoms with Crippen LogP contribution in [0.3, 0.4) is 0 Å². The SMILES string of the molecule is Cc1cccc(C)c1O.[NaH]. The number of phenols is 1. The fraction of sp³-hybridized carbons (Fsp3) is 0.250. The molecule has 0 amide bonds. The van der Waals surface area contributed by atoms with Crippen molar-refractivity contribution in [2.45, 2.75) is 13.8 Å². The van der Waals surface area contributed by atoms with E-state index in [-0.39, 0.29) is 29.6 Å². The number of aryl methyl sites for hydroxylation is 2. The van der Waals surface area contributed by atoms with Gasteiger partial charge >= 0.3 is 29.6 Å². The van der Waals surface area contributed by atoms with E-state index in [1.165, 1.54) is 0 Å². The molecule has 0 saturated carbocycles. The zero-order chi connectivity index (χ0) is 6.85. The Labute approximate surface area is 83.4 Å². The molecule has 0 fully saturated rings. The molecule has 1 N–H and O–H groups in total. The molecular weight excluding hydrogens is 135 g/mol. The first kappa shape index (κ1) is 10.0. The van der Waals surface area contributed by atoms with Crippen molar-refractivity contribution in [2.75, 3.05) is 0 Å². The van der Waals surface area contributed by atoms with Crippen LogP contribution in [0, 0.1) is 13.8 Å². The first-order valence-electron chi connectivity index (χ1n) is 2.97. The summed E-state index contributed by atoms with van der Waals surface area (Å²) in [7, 11) is 0. The summed E-state index contributed by atoms with van der Waals surface area (Å²) in [6.07, 6.45) is 0. The third-order valence-electron chi connectivity index (χ3n) is 1.44. The van der Waals surface area contributed by atoms with E-state index in [1.54, 1.807) is 0 Å². The van der Waals surface area contributed by atoms with E-state index in [2.05, 4.69) is 0 Å². The molecular formula is C8H11NaO. The quantitative estimate of drug-likeness (QED) is 0.548. The van der Waals surface area contributed by atoms with E-state index in [4.69, 9.17) is 0 Å². The number of hydrogen-bond acceptors (Lipinski definition) is 1. The Morgan fingerprint density at radius 1 is 1.10 bits per heavy atom. The van der Waals surface area contributed by atoms with E-state index in [0.717, 1.165) is 11.1 Å². The van der Waals surface area contributed by atoms with Crippen molar-refractivity contribution in [3.8, 4) is 5.75 Å². The summed E-state index contributed by atoms with van der Waals surface area (Å²) >= 11 is 0. The Hall–Kier alpha value is 0.0200. The van der Waals surface area contributed by atoms with Gasteiger partial charge in [-0.15, -0.1) is 0 Å². The maximum atomic E-state index is 9.21. The average Bonchev–Trinajstić information content (AvgIpc) is 1.83. The van der Waals surface area contributed by atoms with Gasteiger partial charge in [0.25, 0.3) is 0 Å². The topological polar surface area (TPSA) is 20.2 Å². The number of benzene rings is 1. The predicted molar refractivity (Wildman–Crippen MR) is 44.7 cm³/mol. The monoisotopic (exact) mass is 146 g/mol. The summed E-state index contributed by atoms with van der Waals surface area (Å²) < 4.78 is 0. The summed E-state index contributed by atoms with van der Waals surface area (Å²) in [5.41, 5.74) is 1.88. The first-order valence-corrected chi connectivity index (χ1v) is 2.97. The van der Waals surface area contributed by atoms with E-state index in [1.807, 2.05) is 32.0 Å². The normalized spacial score (nSPS) is 8.60. The molecule has 0 saturated heterocycles. The molecule has 1 aromatic carbocycles. The van der Waals surface area contributed by atoms with Crippen LogP contribution in [-0.4, -0.2) is 34.7 Å². The number of rotatable bonds is 0. The standard InChI is InChI=1S/C8H10O.Na.H/c1-6-4-3-5-7(2)8(6)9;;/h3-5,9H,1-2H3;;. The number of para-hydroxylation sites is 1. The molecule has 0 aromatic heterocycles. The van der Waals surface area contributed by atoms with E-state index < -0.39 is 0 Å². The Balaban J connectivity index is 0.000000810. The molecule has 0 aliphatic rings. The van der Waals surface area contributed by atoms with Crippen molar-refractivity contribution in [1.82, 2.24) is 0 Å². The molecule has 1 rings (SSSR count). The van der Waals surface area contributed by atoms with Gasteiger partial charge in [-0.25, -0.2) is 0 Å². The molecule has 0 aliphatic heterocycles. The second-order valence-electron chi connectivity index (χ2n) is 2.24. The Bertz CT molecular complexity index is 200. The molecule has 0 spiro atoms. The third-order valence-corrected chi connectivity index (χ3v) is 1.44. The molecule has 10 heavy (non-hydrogen) atoms. The molecule has 50 valence electrons. The van der Waals surface area contributed by atoms with Gasteiger partial charge in [-0.05, 0) is 25.0 Å². The average molecular weight is 146 g/mol. The molecule has 0 radical (unpaired) electrons. The van der Waals surface area contributed by atoms with E-state index in [0.29, 0.717) is 5.75 Å². The van der Waals surface area contributed by atoms with Gasteiger partial charge in [0.15, 0.2) is 0 Å². The molecule has 0 bridgehead atoms. The summed E-state index contributed by atoms with van der Waals surface area (Å²) in [6, 6.07) is 5.72. The zero-order valence-corrected chi connectivity index (χ0v) is 5.68. The van der Waals surface area contributed by atoms with Gasteiger partial charge in [-0.1, -0.05) is 18.2 Å². The van der Waals surface area contributed by atoms with Crippen molar-refractivity contribution in [1.29, 1.82) is 0 Å². The number of aromatic hydroxyl groups is 1. The second kappa shape index (κ2) is 4.02. The van der Waals surface area contributed by atoms with Crippen molar-refractivity contribution < 1.29 is 5.11 Å². The Morgan fingerprint density at radius 3 is 1.80 bits per heavy atom. The summed E-state index contributed by atoms with van der Waals surface area (Å²) in [6.45, 7) is 3.78. The van der Waals surface area contributed by atoms with E-state index >= 15 is 0 Å².